The van der Waals surface area contributed by atoms with E-state index in [1.54, 1.807) is 0 Å². The smallest absolute Gasteiger partial charge is 0.382 e. The van der Waals surface area contributed by atoms with Crippen molar-refractivity contribution >= 4 is 17.3 Å². The molecule has 2 rings (SSSR count). The van der Waals surface area contributed by atoms with Crippen LogP contribution in [0, 0.1) is 5.82 Å². The van der Waals surface area contributed by atoms with Gasteiger partial charge in [0.1, 0.15) is 5.82 Å². The molecule has 1 aromatic carbocycles. The Hall–Kier alpha value is -1.82. The zero-order valence-corrected chi connectivity index (χ0v) is 11.3. The van der Waals surface area contributed by atoms with Gasteiger partial charge in [0, 0.05) is 4.88 Å². The lowest BCUT2D eigenvalue weighted by molar-refractivity contribution is -0.172. The number of benzene rings is 1. The highest BCUT2D eigenvalue weighted by Crippen LogP contribution is 2.38. The number of thiophene rings is 1. The number of alkyl halides is 2. The van der Waals surface area contributed by atoms with Gasteiger partial charge in [0.2, 0.25) is 0 Å². The van der Waals surface area contributed by atoms with Gasteiger partial charge in [-0.25, -0.2) is 9.18 Å². The molecule has 0 aliphatic heterocycles. The van der Waals surface area contributed by atoms with E-state index in [0.29, 0.717) is 10.4 Å². The fourth-order valence-corrected chi connectivity index (χ4v) is 2.57. The van der Waals surface area contributed by atoms with Crippen LogP contribution in [0.25, 0.3) is 10.4 Å². The predicted molar refractivity (Wildman–Crippen MR) is 70.2 cm³/mol. The van der Waals surface area contributed by atoms with E-state index in [0.717, 1.165) is 11.3 Å². The maximum atomic E-state index is 13.8. The molecule has 0 amide bonds. The first kappa shape index (κ1) is 14.6. The SMILES string of the molecule is CCOC(=O)C(F)(F)c1ccc(-c2ccc(F)cc2)s1. The van der Waals surface area contributed by atoms with Gasteiger partial charge in [0.25, 0.3) is 0 Å². The van der Waals surface area contributed by atoms with E-state index in [-0.39, 0.29) is 6.61 Å². The van der Waals surface area contributed by atoms with Crippen molar-refractivity contribution in [1.82, 2.24) is 0 Å². The summed E-state index contributed by atoms with van der Waals surface area (Å²) >= 11 is 0.780. The number of ether oxygens (including phenoxy) is 1. The quantitative estimate of drug-likeness (QED) is 0.791. The van der Waals surface area contributed by atoms with E-state index < -0.39 is 22.6 Å². The van der Waals surface area contributed by atoms with Gasteiger partial charge < -0.3 is 4.74 Å². The highest BCUT2D eigenvalue weighted by molar-refractivity contribution is 7.15. The minimum Gasteiger partial charge on any atom is -0.461 e. The van der Waals surface area contributed by atoms with Crippen LogP contribution in [-0.4, -0.2) is 12.6 Å². The first-order valence-corrected chi connectivity index (χ1v) is 6.68. The number of rotatable bonds is 4. The zero-order valence-electron chi connectivity index (χ0n) is 10.5. The number of halogens is 3. The van der Waals surface area contributed by atoms with E-state index in [4.69, 9.17) is 0 Å². The maximum absolute atomic E-state index is 13.8. The van der Waals surface area contributed by atoms with Gasteiger partial charge in [-0.05, 0) is 36.8 Å². The van der Waals surface area contributed by atoms with Crippen molar-refractivity contribution in [2.24, 2.45) is 0 Å². The van der Waals surface area contributed by atoms with E-state index >= 15 is 0 Å². The third kappa shape index (κ3) is 2.85. The van der Waals surface area contributed by atoms with Gasteiger partial charge in [-0.3, -0.25) is 0 Å². The summed E-state index contributed by atoms with van der Waals surface area (Å²) in [5.41, 5.74) is 0.613. The third-order valence-corrected chi connectivity index (χ3v) is 3.78. The molecule has 0 N–H and O–H groups in total. The number of hydrogen-bond donors (Lipinski definition) is 0. The molecule has 0 aliphatic carbocycles. The Morgan fingerprint density at radius 1 is 1.20 bits per heavy atom. The van der Waals surface area contributed by atoms with E-state index in [9.17, 15) is 18.0 Å². The van der Waals surface area contributed by atoms with Crippen LogP contribution in [0.15, 0.2) is 36.4 Å². The Balaban J connectivity index is 2.28. The lowest BCUT2D eigenvalue weighted by Crippen LogP contribution is -2.27. The molecular formula is C14H11F3O2S. The molecule has 20 heavy (non-hydrogen) atoms. The Morgan fingerprint density at radius 3 is 2.45 bits per heavy atom. The second kappa shape index (κ2) is 5.66. The molecule has 0 saturated heterocycles. The Labute approximate surface area is 117 Å². The highest BCUT2D eigenvalue weighted by Gasteiger charge is 2.44. The lowest BCUT2D eigenvalue weighted by atomic mass is 10.2. The van der Waals surface area contributed by atoms with Crippen molar-refractivity contribution in [1.29, 1.82) is 0 Å². The molecule has 1 heterocycles. The molecule has 0 saturated carbocycles. The van der Waals surface area contributed by atoms with Crippen LogP contribution in [0.5, 0.6) is 0 Å². The van der Waals surface area contributed by atoms with E-state index in [1.165, 1.54) is 43.3 Å². The highest BCUT2D eigenvalue weighted by atomic mass is 32.1. The average molecular weight is 300 g/mol. The maximum Gasteiger partial charge on any atom is 0.382 e. The van der Waals surface area contributed by atoms with Gasteiger partial charge in [0.15, 0.2) is 0 Å². The summed E-state index contributed by atoms with van der Waals surface area (Å²) in [6, 6.07) is 8.14. The van der Waals surface area contributed by atoms with Crippen LogP contribution < -0.4 is 0 Å². The second-order valence-electron chi connectivity index (χ2n) is 3.97. The number of esters is 1. The van der Waals surface area contributed by atoms with Crippen LogP contribution in [0.2, 0.25) is 0 Å². The van der Waals surface area contributed by atoms with Gasteiger partial charge in [0.05, 0.1) is 11.5 Å². The second-order valence-corrected chi connectivity index (χ2v) is 5.05. The Kier molecular flexibility index (Phi) is 4.13. The molecule has 0 spiro atoms. The molecule has 2 aromatic rings. The number of carbonyl (C=O) groups excluding carboxylic acids is 1. The minimum absolute atomic E-state index is 0.107. The molecule has 2 nitrogen and oxygen atoms in total. The molecule has 1 aromatic heterocycles. The molecule has 0 fully saturated rings. The zero-order chi connectivity index (χ0) is 14.8. The van der Waals surface area contributed by atoms with Crippen LogP contribution in [0.1, 0.15) is 11.8 Å². The molecule has 0 radical (unpaired) electrons. The van der Waals surface area contributed by atoms with E-state index in [1.807, 2.05) is 0 Å². The van der Waals surface area contributed by atoms with Crippen molar-refractivity contribution in [3.8, 4) is 10.4 Å². The van der Waals surface area contributed by atoms with Crippen molar-refractivity contribution in [2.45, 2.75) is 12.8 Å². The average Bonchev–Trinajstić information content (AvgIpc) is 2.90. The summed E-state index contributed by atoms with van der Waals surface area (Å²) in [7, 11) is 0. The third-order valence-electron chi connectivity index (χ3n) is 2.58. The summed E-state index contributed by atoms with van der Waals surface area (Å²) in [5, 5.41) is 0. The van der Waals surface area contributed by atoms with Crippen LogP contribution in [0.3, 0.4) is 0 Å². The van der Waals surface area contributed by atoms with Gasteiger partial charge in [-0.2, -0.15) is 8.78 Å². The van der Waals surface area contributed by atoms with Crippen LogP contribution >= 0.6 is 11.3 Å². The summed E-state index contributed by atoms with van der Waals surface area (Å²) in [5.74, 6) is -5.63. The minimum atomic E-state index is -3.67. The van der Waals surface area contributed by atoms with Gasteiger partial charge in [-0.15, -0.1) is 11.3 Å². The summed E-state index contributed by atoms with van der Waals surface area (Å²) in [6.07, 6.45) is 0. The predicted octanol–water partition coefficient (Wildman–Crippen LogP) is 4.21. The molecule has 6 heteroatoms. The fraction of sp³-hybridized carbons (Fsp3) is 0.214. The van der Waals surface area contributed by atoms with Gasteiger partial charge >= 0.3 is 11.9 Å². The molecule has 0 atom stereocenters. The number of hydrogen-bond acceptors (Lipinski definition) is 3. The lowest BCUT2D eigenvalue weighted by Gasteiger charge is -2.12. The van der Waals surface area contributed by atoms with Crippen LogP contribution in [0.4, 0.5) is 13.2 Å². The topological polar surface area (TPSA) is 26.3 Å². The molecule has 0 bridgehead atoms. The van der Waals surface area contributed by atoms with Gasteiger partial charge in [-0.1, -0.05) is 12.1 Å². The first-order valence-electron chi connectivity index (χ1n) is 5.86. The Morgan fingerprint density at radius 2 is 1.85 bits per heavy atom. The standard InChI is InChI=1S/C14H11F3O2S/c1-2-19-13(18)14(16,17)12-8-7-11(20-12)9-3-5-10(15)6-4-9/h3-8H,2H2,1H3. The van der Waals surface area contributed by atoms with Crippen molar-refractivity contribution in [3.63, 3.8) is 0 Å². The molecule has 0 aliphatic rings. The largest absolute Gasteiger partial charge is 0.461 e. The summed E-state index contributed by atoms with van der Waals surface area (Å²) in [4.78, 5) is 11.4. The monoisotopic (exact) mass is 300 g/mol. The van der Waals surface area contributed by atoms with Crippen molar-refractivity contribution in [2.75, 3.05) is 6.61 Å². The van der Waals surface area contributed by atoms with Crippen LogP contribution in [-0.2, 0) is 15.5 Å². The van der Waals surface area contributed by atoms with Crippen molar-refractivity contribution < 1.29 is 22.7 Å². The van der Waals surface area contributed by atoms with E-state index in [2.05, 4.69) is 4.74 Å². The molecular weight excluding hydrogens is 289 g/mol. The first-order chi connectivity index (χ1) is 9.45. The Bertz CT molecular complexity index is 605. The summed E-state index contributed by atoms with van der Waals surface area (Å²) in [6.45, 7) is 1.36. The summed E-state index contributed by atoms with van der Waals surface area (Å²) < 4.78 is 44.8. The molecule has 106 valence electrons. The van der Waals surface area contributed by atoms with Crippen molar-refractivity contribution in [3.05, 3.63) is 47.1 Å². The fourth-order valence-electron chi connectivity index (χ4n) is 1.60. The normalized spacial score (nSPS) is 11.4. The number of carbonyl (C=O) groups is 1. The molecule has 0 unspecified atom stereocenters.